The molecule has 0 aliphatic carbocycles. The SMILES string of the molecule is CO/C(CSC(c1ccccc1)(c1ccc(OC)cc1)c1ccc(OC)cc1)=C(\O)[C@H](OC)n1cc(C)c(=O)[nH]c1=O. The minimum atomic E-state index is -1.23. The van der Waals surface area contributed by atoms with Gasteiger partial charge in [-0.1, -0.05) is 54.6 Å². The normalized spacial score (nSPS) is 12.8. The predicted octanol–water partition coefficient (Wildman–Crippen LogP) is 5.15. The van der Waals surface area contributed by atoms with Crippen LogP contribution in [-0.2, 0) is 14.2 Å². The van der Waals surface area contributed by atoms with Crippen molar-refractivity contribution in [3.63, 3.8) is 0 Å². The zero-order valence-corrected chi connectivity index (χ0v) is 24.9. The minimum absolute atomic E-state index is 0.187. The molecule has 2 N–H and O–H groups in total. The number of nitrogens with zero attached hydrogens (tertiary/aromatic N) is 1. The summed E-state index contributed by atoms with van der Waals surface area (Å²) >= 11 is 1.52. The van der Waals surface area contributed by atoms with Crippen molar-refractivity contribution in [1.82, 2.24) is 9.55 Å². The number of nitrogens with one attached hydrogen (secondary N) is 1. The number of benzene rings is 3. The van der Waals surface area contributed by atoms with Crippen LogP contribution in [0.3, 0.4) is 0 Å². The Hall–Kier alpha value is -4.41. The summed E-state index contributed by atoms with van der Waals surface area (Å²) in [5, 5.41) is 11.4. The van der Waals surface area contributed by atoms with Crippen molar-refractivity contribution < 1.29 is 24.1 Å². The molecule has 42 heavy (non-hydrogen) atoms. The number of thioether (sulfide) groups is 1. The van der Waals surface area contributed by atoms with Gasteiger partial charge in [-0.05, 0) is 47.9 Å². The van der Waals surface area contributed by atoms with Crippen molar-refractivity contribution in [1.29, 1.82) is 0 Å². The number of hydrogen-bond acceptors (Lipinski definition) is 8. The summed E-state index contributed by atoms with van der Waals surface area (Å²) in [5.41, 5.74) is 1.99. The van der Waals surface area contributed by atoms with Gasteiger partial charge in [-0.25, -0.2) is 4.79 Å². The van der Waals surface area contributed by atoms with E-state index in [0.29, 0.717) is 5.56 Å². The van der Waals surface area contributed by atoms with Gasteiger partial charge < -0.3 is 24.1 Å². The van der Waals surface area contributed by atoms with Crippen LogP contribution in [0, 0.1) is 6.92 Å². The highest BCUT2D eigenvalue weighted by Crippen LogP contribution is 2.50. The standard InChI is InChI=1S/C32H34N2O7S/c1-21-19-34(31(37)33-29(21)36)30(41-5)28(35)27(40-4)20-42-32(22-9-7-6-8-10-22,23-11-15-25(38-2)16-12-23)24-13-17-26(39-3)18-14-24/h6-19,30,35H,20H2,1-5H3,(H,33,36,37)/b28-27-/t30-/m0/s1. The molecule has 0 saturated heterocycles. The summed E-state index contributed by atoms with van der Waals surface area (Å²) in [6.07, 6.45) is 0.117. The van der Waals surface area contributed by atoms with E-state index in [2.05, 4.69) is 17.1 Å². The quantitative estimate of drug-likeness (QED) is 0.172. The lowest BCUT2D eigenvalue weighted by Crippen LogP contribution is -2.35. The molecule has 1 atom stereocenters. The van der Waals surface area contributed by atoms with E-state index in [1.807, 2.05) is 66.7 Å². The Balaban J connectivity index is 1.87. The molecule has 0 aliphatic heterocycles. The second kappa shape index (κ2) is 13.5. The highest BCUT2D eigenvalue weighted by atomic mass is 32.2. The average molecular weight is 591 g/mol. The first-order chi connectivity index (χ1) is 20.3. The zero-order valence-electron chi connectivity index (χ0n) is 24.1. The Morgan fingerprint density at radius 2 is 1.38 bits per heavy atom. The highest BCUT2D eigenvalue weighted by molar-refractivity contribution is 8.00. The summed E-state index contributed by atoms with van der Waals surface area (Å²) in [7, 11) is 6.05. The van der Waals surface area contributed by atoms with E-state index in [9.17, 15) is 14.7 Å². The van der Waals surface area contributed by atoms with Gasteiger partial charge in [0.25, 0.3) is 5.56 Å². The second-order valence-electron chi connectivity index (χ2n) is 9.37. The second-order valence-corrected chi connectivity index (χ2v) is 10.6. The van der Waals surface area contributed by atoms with E-state index in [-0.39, 0.29) is 17.3 Å². The van der Waals surface area contributed by atoms with E-state index in [1.54, 1.807) is 21.1 Å². The average Bonchev–Trinajstić information content (AvgIpc) is 3.03. The third-order valence-corrected chi connectivity index (χ3v) is 8.53. The van der Waals surface area contributed by atoms with E-state index in [1.165, 1.54) is 32.2 Å². The molecule has 1 heterocycles. The lowest BCUT2D eigenvalue weighted by atomic mass is 9.84. The Morgan fingerprint density at radius 1 is 0.857 bits per heavy atom. The largest absolute Gasteiger partial charge is 0.505 e. The maximum Gasteiger partial charge on any atom is 0.330 e. The summed E-state index contributed by atoms with van der Waals surface area (Å²) in [6.45, 7) is 1.56. The van der Waals surface area contributed by atoms with Crippen LogP contribution in [0.4, 0.5) is 0 Å². The molecule has 220 valence electrons. The maximum atomic E-state index is 12.6. The Morgan fingerprint density at radius 3 is 1.86 bits per heavy atom. The molecule has 0 aliphatic rings. The molecule has 0 bridgehead atoms. The number of ether oxygens (including phenoxy) is 4. The molecule has 0 fully saturated rings. The van der Waals surface area contributed by atoms with Crippen LogP contribution in [0.1, 0.15) is 28.5 Å². The van der Waals surface area contributed by atoms with Gasteiger partial charge in [-0.15, -0.1) is 11.8 Å². The molecule has 3 aromatic carbocycles. The fourth-order valence-electron chi connectivity index (χ4n) is 4.74. The molecule has 9 nitrogen and oxygen atoms in total. The van der Waals surface area contributed by atoms with E-state index in [4.69, 9.17) is 18.9 Å². The molecule has 0 saturated carbocycles. The van der Waals surface area contributed by atoms with Crippen molar-refractivity contribution in [2.75, 3.05) is 34.2 Å². The molecule has 0 unspecified atom stereocenters. The van der Waals surface area contributed by atoms with Gasteiger partial charge in [0.2, 0.25) is 0 Å². The van der Waals surface area contributed by atoms with Crippen LogP contribution in [0.25, 0.3) is 0 Å². The first-order valence-corrected chi connectivity index (χ1v) is 14.1. The maximum absolute atomic E-state index is 12.6. The smallest absolute Gasteiger partial charge is 0.330 e. The minimum Gasteiger partial charge on any atom is -0.505 e. The first-order valence-electron chi connectivity index (χ1n) is 13.1. The number of rotatable bonds is 12. The fourth-order valence-corrected chi connectivity index (χ4v) is 6.26. The molecule has 0 spiro atoms. The van der Waals surface area contributed by atoms with Crippen molar-refractivity contribution in [3.8, 4) is 11.5 Å². The molecule has 4 aromatic rings. The Bertz CT molecular complexity index is 1580. The molecular formula is C32H34N2O7S. The predicted molar refractivity (Wildman–Crippen MR) is 164 cm³/mol. The lowest BCUT2D eigenvalue weighted by Gasteiger charge is -2.36. The van der Waals surface area contributed by atoms with Crippen LogP contribution < -0.4 is 20.7 Å². The first kappa shape index (κ1) is 30.5. The number of hydrogen-bond donors (Lipinski definition) is 2. The molecule has 1 aromatic heterocycles. The van der Waals surface area contributed by atoms with Crippen LogP contribution in [0.2, 0.25) is 0 Å². The Kier molecular flexibility index (Phi) is 9.82. The van der Waals surface area contributed by atoms with Crippen molar-refractivity contribution in [2.45, 2.75) is 17.9 Å². The highest BCUT2D eigenvalue weighted by Gasteiger charge is 2.38. The zero-order chi connectivity index (χ0) is 30.3. The van der Waals surface area contributed by atoms with Crippen LogP contribution in [-0.4, -0.2) is 48.8 Å². The number of aromatic nitrogens is 2. The van der Waals surface area contributed by atoms with Crippen molar-refractivity contribution in [2.24, 2.45) is 0 Å². The van der Waals surface area contributed by atoms with Gasteiger partial charge in [-0.2, -0.15) is 0 Å². The summed E-state index contributed by atoms with van der Waals surface area (Å²) in [5.74, 6) is 1.53. The van der Waals surface area contributed by atoms with E-state index >= 15 is 0 Å². The fraction of sp³-hybridized carbons (Fsp3) is 0.250. The van der Waals surface area contributed by atoms with E-state index in [0.717, 1.165) is 32.8 Å². The lowest BCUT2D eigenvalue weighted by molar-refractivity contribution is 0.0279. The van der Waals surface area contributed by atoms with Gasteiger partial charge in [0.05, 0.1) is 31.8 Å². The van der Waals surface area contributed by atoms with Gasteiger partial charge in [-0.3, -0.25) is 14.3 Å². The van der Waals surface area contributed by atoms with Crippen LogP contribution in [0.5, 0.6) is 11.5 Å². The molecule has 10 heteroatoms. The third kappa shape index (κ3) is 6.09. The molecule has 0 radical (unpaired) electrons. The van der Waals surface area contributed by atoms with Gasteiger partial charge in [0.15, 0.2) is 12.0 Å². The van der Waals surface area contributed by atoms with Crippen LogP contribution in [0.15, 0.2) is 106 Å². The van der Waals surface area contributed by atoms with Crippen molar-refractivity contribution in [3.05, 3.63) is 140 Å². The van der Waals surface area contributed by atoms with Crippen LogP contribution >= 0.6 is 11.8 Å². The van der Waals surface area contributed by atoms with Gasteiger partial charge in [0.1, 0.15) is 17.3 Å². The number of aromatic amines is 1. The topological polar surface area (TPSA) is 112 Å². The Labute approximate surface area is 248 Å². The number of H-pyrrole nitrogens is 1. The van der Waals surface area contributed by atoms with Gasteiger partial charge >= 0.3 is 5.69 Å². The monoisotopic (exact) mass is 590 g/mol. The van der Waals surface area contributed by atoms with E-state index < -0.39 is 22.2 Å². The number of aliphatic hydroxyl groups is 1. The molecular weight excluding hydrogens is 556 g/mol. The molecule has 0 amide bonds. The number of methoxy groups -OCH3 is 4. The van der Waals surface area contributed by atoms with Crippen molar-refractivity contribution >= 4 is 11.8 Å². The number of aliphatic hydroxyl groups excluding tert-OH is 1. The van der Waals surface area contributed by atoms with Gasteiger partial charge in [0, 0.05) is 18.9 Å². The summed E-state index contributed by atoms with van der Waals surface area (Å²) in [4.78, 5) is 26.8. The molecule has 4 rings (SSSR count). The number of aryl methyl sites for hydroxylation is 1. The summed E-state index contributed by atoms with van der Waals surface area (Å²) in [6, 6.07) is 25.7. The third-order valence-electron chi connectivity index (χ3n) is 6.98. The summed E-state index contributed by atoms with van der Waals surface area (Å²) < 4.78 is 22.4.